The van der Waals surface area contributed by atoms with Crippen LogP contribution in [0.2, 0.25) is 0 Å². The lowest BCUT2D eigenvalue weighted by Gasteiger charge is -2.12. The minimum absolute atomic E-state index is 0.0453. The summed E-state index contributed by atoms with van der Waals surface area (Å²) >= 11 is -4.02. The molecule has 0 heterocycles. The Balaban J connectivity index is 4.65. The molecule has 10 heteroatoms. The maximum atomic E-state index is 12.8. The van der Waals surface area contributed by atoms with Gasteiger partial charge in [-0.1, -0.05) is 290 Å². The number of rotatable bonds is 54. The molecular weight excluding hydrogens is 856 g/mol. The van der Waals surface area contributed by atoms with Crippen LogP contribution in [0.25, 0.3) is 0 Å². The molecule has 0 saturated carbocycles. The summed E-state index contributed by atoms with van der Waals surface area (Å²) in [4.78, 5) is 76.6. The van der Waals surface area contributed by atoms with E-state index in [2.05, 4.69) is 20.8 Å². The largest absolute Gasteiger partial charge is 1.20 e. The second-order valence-corrected chi connectivity index (χ2v) is 21.2. The molecule has 0 N–H and O–H groups in total. The molecule has 0 rings (SSSR count). The fraction of sp³-hybridized carbons (Fsp3) is 0.895. The standard InChI is InChI=1S/3C19H36O3.Al/c3*1-2-3-4-5-6-7-8-9-10-11-12-13-14-15-16-17-18(20)19(21)22;/h3*2-17H2,1H3,(H,21,22);/q;;;+3/p-3. The molecule has 67 heavy (non-hydrogen) atoms. The van der Waals surface area contributed by atoms with Crippen LogP contribution in [0, 0.1) is 0 Å². The molecule has 0 amide bonds. The summed E-state index contributed by atoms with van der Waals surface area (Å²) in [6, 6.07) is 0. The summed E-state index contributed by atoms with van der Waals surface area (Å²) in [5.41, 5.74) is 0. The Kier molecular flexibility index (Phi) is 50.2. The van der Waals surface area contributed by atoms with Gasteiger partial charge in [-0.3, -0.25) is 14.4 Å². The average molecular weight is 961 g/mol. The van der Waals surface area contributed by atoms with Crippen molar-refractivity contribution >= 4 is 50.4 Å². The molecule has 0 unspecified atom stereocenters. The maximum absolute atomic E-state index is 12.8. The molecule has 0 atom stereocenters. The molecule has 0 radical (unpaired) electrons. The number of unbranched alkanes of at least 4 members (excludes halogenated alkanes) is 42. The van der Waals surface area contributed by atoms with Crippen molar-refractivity contribution in [3.63, 3.8) is 0 Å². The van der Waals surface area contributed by atoms with E-state index in [-0.39, 0.29) is 19.3 Å². The molecular formula is C57H105AlO9. The molecule has 0 aromatic heterocycles. The molecule has 0 fully saturated rings. The Morgan fingerprint density at radius 3 is 0.507 bits per heavy atom. The minimum Gasteiger partial charge on any atom is -0.545 e. The predicted octanol–water partition coefficient (Wildman–Crippen LogP) is 17.1. The third-order valence-electron chi connectivity index (χ3n) is 13.3. The molecule has 0 aromatic rings. The highest BCUT2D eigenvalue weighted by atomic mass is 27.3. The first kappa shape index (κ1) is 65.0. The van der Waals surface area contributed by atoms with Gasteiger partial charge in [-0.15, -0.1) is 0 Å². The van der Waals surface area contributed by atoms with E-state index >= 15 is 0 Å². The van der Waals surface area contributed by atoms with Crippen molar-refractivity contribution in [3.8, 4) is 0 Å². The van der Waals surface area contributed by atoms with E-state index in [0.717, 1.165) is 77.0 Å². The normalized spacial score (nSPS) is 11.1. The highest BCUT2D eigenvalue weighted by molar-refractivity contribution is 6.55. The van der Waals surface area contributed by atoms with Gasteiger partial charge in [-0.05, 0) is 19.3 Å². The lowest BCUT2D eigenvalue weighted by molar-refractivity contribution is -0.158. The SMILES string of the molecule is CCCCCCCCCCCCCCCCCC(=O)C(=O)[O][Al]([O]C(=O)C(=O)CCCCCCCCCCCCCCCCC)[O]C(=O)C(=O)CCCCCCCCCCCCCCCCC. The summed E-state index contributed by atoms with van der Waals surface area (Å²) < 4.78 is 15.5. The summed E-state index contributed by atoms with van der Waals surface area (Å²) in [5, 5.41) is 0. The highest BCUT2D eigenvalue weighted by Gasteiger charge is 2.51. The summed E-state index contributed by atoms with van der Waals surface area (Å²) in [6.45, 7) is 6.74. The minimum atomic E-state index is -4.02. The van der Waals surface area contributed by atoms with Gasteiger partial charge >= 0.3 is 33.1 Å². The third kappa shape index (κ3) is 46.1. The predicted molar refractivity (Wildman–Crippen MR) is 278 cm³/mol. The van der Waals surface area contributed by atoms with E-state index in [1.54, 1.807) is 0 Å². The number of carbonyl (C=O) groups is 6. The Morgan fingerprint density at radius 1 is 0.224 bits per heavy atom. The summed E-state index contributed by atoms with van der Waals surface area (Å²) in [5.74, 6) is -6.25. The van der Waals surface area contributed by atoms with E-state index in [1.807, 2.05) is 0 Å². The topological polar surface area (TPSA) is 130 Å². The van der Waals surface area contributed by atoms with Gasteiger partial charge < -0.3 is 11.4 Å². The fourth-order valence-electron chi connectivity index (χ4n) is 8.81. The van der Waals surface area contributed by atoms with Crippen LogP contribution in [0.4, 0.5) is 0 Å². The molecule has 0 aliphatic heterocycles. The van der Waals surface area contributed by atoms with Crippen LogP contribution in [-0.4, -0.2) is 50.4 Å². The lowest BCUT2D eigenvalue weighted by Crippen LogP contribution is -2.40. The first-order valence-corrected chi connectivity index (χ1v) is 30.4. The van der Waals surface area contributed by atoms with Gasteiger partial charge in [0.25, 0.3) is 0 Å². The number of hydrogen-bond acceptors (Lipinski definition) is 9. The van der Waals surface area contributed by atoms with E-state index in [0.29, 0.717) is 19.3 Å². The number of carbonyl (C=O) groups excluding carboxylic acids is 6. The van der Waals surface area contributed by atoms with Gasteiger partial charge in [-0.2, -0.15) is 0 Å². The quantitative estimate of drug-likeness (QED) is 0.0332. The van der Waals surface area contributed by atoms with Crippen molar-refractivity contribution < 1.29 is 40.1 Å². The summed E-state index contributed by atoms with van der Waals surface area (Å²) in [7, 11) is 0. The zero-order valence-corrected chi connectivity index (χ0v) is 45.3. The van der Waals surface area contributed by atoms with Crippen molar-refractivity contribution in [2.45, 2.75) is 329 Å². The van der Waals surface area contributed by atoms with Crippen LogP contribution < -0.4 is 0 Å². The first-order chi connectivity index (χ1) is 32.8. The molecule has 0 bridgehead atoms. The zero-order valence-electron chi connectivity index (χ0n) is 44.2. The van der Waals surface area contributed by atoms with Gasteiger partial charge in [0.05, 0.1) is 0 Å². The maximum Gasteiger partial charge on any atom is 1.20 e. The van der Waals surface area contributed by atoms with Crippen LogP contribution in [0.1, 0.15) is 329 Å². The van der Waals surface area contributed by atoms with Crippen molar-refractivity contribution in [1.82, 2.24) is 0 Å². The highest BCUT2D eigenvalue weighted by Crippen LogP contribution is 2.18. The van der Waals surface area contributed by atoms with Gasteiger partial charge in [0, 0.05) is 19.3 Å². The van der Waals surface area contributed by atoms with Crippen LogP contribution in [0.5, 0.6) is 0 Å². The average Bonchev–Trinajstić information content (AvgIpc) is 3.32. The monoisotopic (exact) mass is 961 g/mol. The molecule has 0 aliphatic rings. The fourth-order valence-corrected chi connectivity index (χ4v) is 9.87. The van der Waals surface area contributed by atoms with Crippen molar-refractivity contribution in [2.75, 3.05) is 0 Å². The number of hydrogen-bond donors (Lipinski definition) is 0. The van der Waals surface area contributed by atoms with Crippen molar-refractivity contribution in [2.24, 2.45) is 0 Å². The Labute approximate surface area is 417 Å². The molecule has 390 valence electrons. The molecule has 0 spiro atoms. The van der Waals surface area contributed by atoms with Crippen LogP contribution in [0.15, 0.2) is 0 Å². The third-order valence-corrected chi connectivity index (χ3v) is 14.5. The second kappa shape index (κ2) is 51.8. The Hall–Kier alpha value is -2.05. The lowest BCUT2D eigenvalue weighted by atomic mass is 10.0. The number of ketones is 3. The second-order valence-electron chi connectivity index (χ2n) is 19.9. The molecule has 9 nitrogen and oxygen atoms in total. The van der Waals surface area contributed by atoms with Gasteiger partial charge in [0.15, 0.2) is 0 Å². The zero-order chi connectivity index (χ0) is 49.1. The van der Waals surface area contributed by atoms with Gasteiger partial charge in [0.2, 0.25) is 17.3 Å². The van der Waals surface area contributed by atoms with E-state index < -0.39 is 50.4 Å². The molecule has 0 saturated heterocycles. The Morgan fingerprint density at radius 2 is 0.358 bits per heavy atom. The van der Waals surface area contributed by atoms with Crippen LogP contribution >= 0.6 is 0 Å². The molecule has 0 aromatic carbocycles. The first-order valence-electron chi connectivity index (χ1n) is 29.0. The van der Waals surface area contributed by atoms with Crippen molar-refractivity contribution in [3.05, 3.63) is 0 Å². The van der Waals surface area contributed by atoms with Crippen LogP contribution in [0.3, 0.4) is 0 Å². The number of Topliss-reactive ketones (excluding diaryl/α,β-unsaturated/α-hetero) is 3. The molecule has 0 aliphatic carbocycles. The van der Waals surface area contributed by atoms with Crippen LogP contribution in [-0.2, 0) is 40.1 Å². The van der Waals surface area contributed by atoms with Crippen molar-refractivity contribution in [1.29, 1.82) is 0 Å². The summed E-state index contributed by atoms with van der Waals surface area (Å²) in [6.07, 6.45) is 52.8. The van der Waals surface area contributed by atoms with E-state index in [1.165, 1.54) is 193 Å². The van der Waals surface area contributed by atoms with E-state index in [9.17, 15) is 28.8 Å². The van der Waals surface area contributed by atoms with Gasteiger partial charge in [0.1, 0.15) is 0 Å². The van der Waals surface area contributed by atoms with E-state index in [4.69, 9.17) is 11.4 Å². The Bertz CT molecular complexity index is 1050. The smallest absolute Gasteiger partial charge is 0.545 e. The van der Waals surface area contributed by atoms with Gasteiger partial charge in [-0.25, -0.2) is 14.4 Å².